The first kappa shape index (κ1) is 29.5. The molecule has 0 aliphatic rings. The lowest BCUT2D eigenvalue weighted by molar-refractivity contribution is -0.128. The van der Waals surface area contributed by atoms with Crippen LogP contribution in [-0.4, -0.2) is 51.8 Å². The molecular weight excluding hydrogens is 544 g/mol. The van der Waals surface area contributed by atoms with Crippen molar-refractivity contribution in [3.05, 3.63) is 82.9 Å². The van der Waals surface area contributed by atoms with Gasteiger partial charge in [0.05, 0.1) is 14.2 Å². The van der Waals surface area contributed by atoms with E-state index in [0.717, 1.165) is 11.1 Å². The number of hydrogen-bond donors (Lipinski definition) is 1. The van der Waals surface area contributed by atoms with E-state index in [1.165, 1.54) is 23.9 Å². The van der Waals surface area contributed by atoms with E-state index in [-0.39, 0.29) is 12.5 Å². The maximum Gasteiger partial charge on any atom is 0.251 e. The molecule has 4 rings (SSSR count). The van der Waals surface area contributed by atoms with Gasteiger partial charge in [-0.3, -0.25) is 14.5 Å². The van der Waals surface area contributed by atoms with Crippen molar-refractivity contribution >= 4 is 29.1 Å². The third-order valence-corrected chi connectivity index (χ3v) is 6.39. The van der Waals surface area contributed by atoms with Crippen molar-refractivity contribution in [2.45, 2.75) is 45.8 Å². The number of benzene rings is 3. The van der Waals surface area contributed by atoms with Gasteiger partial charge in [-0.25, -0.2) is 0 Å². The number of tetrazole rings is 1. The highest BCUT2D eigenvalue weighted by Gasteiger charge is 2.35. The number of hydrogen-bond acceptors (Lipinski definition) is 7. The number of nitrogens with one attached hydrogen (secondary N) is 1. The molecule has 1 aromatic heterocycles. The zero-order valence-electron chi connectivity index (χ0n) is 23.9. The average Bonchev–Trinajstić information content (AvgIpc) is 3.39. The number of carbonyl (C=O) groups is 2. The summed E-state index contributed by atoms with van der Waals surface area (Å²) in [6.45, 7) is 7.33. The predicted octanol–water partition coefficient (Wildman–Crippen LogP) is 5.01. The van der Waals surface area contributed by atoms with Gasteiger partial charge >= 0.3 is 0 Å². The first-order valence-electron chi connectivity index (χ1n) is 13.0. The van der Waals surface area contributed by atoms with Gasteiger partial charge in [-0.2, -0.15) is 4.80 Å². The first-order chi connectivity index (χ1) is 19.5. The van der Waals surface area contributed by atoms with E-state index in [4.69, 9.17) is 21.1 Å². The van der Waals surface area contributed by atoms with E-state index < -0.39 is 17.5 Å². The Morgan fingerprint density at radius 3 is 2.24 bits per heavy atom. The molecule has 1 N–H and O–H groups in total. The molecule has 0 unspecified atom stereocenters. The SMILES string of the molecule is COc1ccc([C@@H](C(=O)NC(C)(C)C)N(C(=O)Cn2nnc(-c3ccc(C)cc3)n2)c2ccc(Cl)cc2)cc1OC. The number of carbonyl (C=O) groups excluding carboxylic acids is 2. The Kier molecular flexibility index (Phi) is 8.92. The molecule has 1 heterocycles. The van der Waals surface area contributed by atoms with Crippen molar-refractivity contribution < 1.29 is 19.1 Å². The number of ether oxygens (including phenoxy) is 2. The van der Waals surface area contributed by atoms with Crippen LogP contribution in [0, 0.1) is 6.92 Å². The summed E-state index contributed by atoms with van der Waals surface area (Å²) in [6.07, 6.45) is 0. The van der Waals surface area contributed by atoms with E-state index >= 15 is 0 Å². The second kappa shape index (κ2) is 12.4. The number of anilines is 1. The Hall–Kier alpha value is -4.44. The van der Waals surface area contributed by atoms with Crippen LogP contribution in [0.4, 0.5) is 5.69 Å². The fraction of sp³-hybridized carbons (Fsp3) is 0.300. The van der Waals surface area contributed by atoms with Crippen LogP contribution in [0.2, 0.25) is 5.02 Å². The molecule has 0 aliphatic carbocycles. The number of halogens is 1. The third kappa shape index (κ3) is 7.20. The lowest BCUT2D eigenvalue weighted by atomic mass is 10.00. The molecule has 0 saturated carbocycles. The summed E-state index contributed by atoms with van der Waals surface area (Å²) in [4.78, 5) is 30.6. The summed E-state index contributed by atoms with van der Waals surface area (Å²) < 4.78 is 10.9. The summed E-state index contributed by atoms with van der Waals surface area (Å²) >= 11 is 6.17. The summed E-state index contributed by atoms with van der Waals surface area (Å²) in [6, 6.07) is 18.4. The van der Waals surface area contributed by atoms with Gasteiger partial charge in [0, 0.05) is 21.8 Å². The molecule has 214 valence electrons. The minimum atomic E-state index is -1.08. The van der Waals surface area contributed by atoms with Gasteiger partial charge in [-0.15, -0.1) is 10.2 Å². The second-order valence-corrected chi connectivity index (χ2v) is 10.9. The Labute approximate surface area is 244 Å². The van der Waals surface area contributed by atoms with Crippen LogP contribution in [0.3, 0.4) is 0 Å². The van der Waals surface area contributed by atoms with Crippen LogP contribution in [0.25, 0.3) is 11.4 Å². The molecule has 2 amide bonds. The first-order valence-corrected chi connectivity index (χ1v) is 13.3. The molecule has 0 fully saturated rings. The average molecular weight is 577 g/mol. The van der Waals surface area contributed by atoms with Crippen molar-refractivity contribution in [1.82, 2.24) is 25.5 Å². The van der Waals surface area contributed by atoms with E-state index in [1.54, 1.807) is 42.5 Å². The molecule has 4 aromatic rings. The lowest BCUT2D eigenvalue weighted by Crippen LogP contribution is -2.50. The van der Waals surface area contributed by atoms with Crippen LogP contribution in [0.1, 0.15) is 37.9 Å². The van der Waals surface area contributed by atoms with Crippen LogP contribution in [0.15, 0.2) is 66.7 Å². The summed E-state index contributed by atoms with van der Waals surface area (Å²) in [5.74, 6) is 0.468. The molecule has 0 bridgehead atoms. The van der Waals surface area contributed by atoms with Gasteiger partial charge in [0.15, 0.2) is 11.5 Å². The predicted molar refractivity (Wildman–Crippen MR) is 157 cm³/mol. The maximum absolute atomic E-state index is 14.1. The minimum Gasteiger partial charge on any atom is -0.493 e. The normalized spacial score (nSPS) is 12.0. The summed E-state index contributed by atoms with van der Waals surface area (Å²) in [7, 11) is 3.04. The molecule has 3 aromatic carbocycles. The molecule has 1 atom stereocenters. The molecule has 10 nitrogen and oxygen atoms in total. The molecule has 0 saturated heterocycles. The van der Waals surface area contributed by atoms with Crippen molar-refractivity contribution in [1.29, 1.82) is 0 Å². The monoisotopic (exact) mass is 576 g/mol. The Morgan fingerprint density at radius 2 is 1.63 bits per heavy atom. The highest BCUT2D eigenvalue weighted by Crippen LogP contribution is 2.35. The molecule has 41 heavy (non-hydrogen) atoms. The van der Waals surface area contributed by atoms with Gasteiger partial charge in [0.2, 0.25) is 11.7 Å². The van der Waals surface area contributed by atoms with Crippen LogP contribution < -0.4 is 19.7 Å². The molecular formula is C30H33ClN6O4. The number of amides is 2. The molecule has 0 spiro atoms. The zero-order valence-corrected chi connectivity index (χ0v) is 24.6. The van der Waals surface area contributed by atoms with Crippen LogP contribution in [0.5, 0.6) is 11.5 Å². The standard InChI is InChI=1S/C30H33ClN6O4/c1-19-7-9-20(10-8-19)28-33-35-36(34-28)18-26(38)37(23-14-12-22(31)13-15-23)27(29(39)32-30(2,3)4)21-11-16-24(40-5)25(17-21)41-6/h7-17,27H,18H2,1-6H3,(H,32,39)/t27-/m0/s1. The number of aryl methyl sites for hydroxylation is 1. The van der Waals surface area contributed by atoms with E-state index in [1.807, 2.05) is 52.0 Å². The number of nitrogens with zero attached hydrogens (tertiary/aromatic N) is 5. The Balaban J connectivity index is 1.78. The van der Waals surface area contributed by atoms with Crippen molar-refractivity contribution in [3.8, 4) is 22.9 Å². The fourth-order valence-electron chi connectivity index (χ4n) is 4.24. The van der Waals surface area contributed by atoms with Crippen LogP contribution in [-0.2, 0) is 16.1 Å². The topological polar surface area (TPSA) is 111 Å². The molecule has 11 heteroatoms. The minimum absolute atomic E-state index is 0.270. The number of aromatic nitrogens is 4. The largest absolute Gasteiger partial charge is 0.493 e. The highest BCUT2D eigenvalue weighted by atomic mass is 35.5. The van der Waals surface area contributed by atoms with Gasteiger partial charge < -0.3 is 14.8 Å². The van der Waals surface area contributed by atoms with E-state index in [0.29, 0.717) is 33.6 Å². The highest BCUT2D eigenvalue weighted by molar-refractivity contribution is 6.30. The third-order valence-electron chi connectivity index (χ3n) is 6.14. The number of methoxy groups -OCH3 is 2. The summed E-state index contributed by atoms with van der Waals surface area (Å²) in [5.41, 5.74) is 2.28. The van der Waals surface area contributed by atoms with Crippen molar-refractivity contribution in [2.75, 3.05) is 19.1 Å². The van der Waals surface area contributed by atoms with Gasteiger partial charge in [0.25, 0.3) is 5.91 Å². The van der Waals surface area contributed by atoms with E-state index in [2.05, 4.69) is 20.7 Å². The van der Waals surface area contributed by atoms with Gasteiger partial charge in [0.1, 0.15) is 12.6 Å². The smallest absolute Gasteiger partial charge is 0.251 e. The maximum atomic E-state index is 14.1. The number of rotatable bonds is 9. The van der Waals surface area contributed by atoms with Gasteiger partial charge in [-0.1, -0.05) is 47.5 Å². The van der Waals surface area contributed by atoms with Crippen LogP contribution >= 0.6 is 11.6 Å². The fourth-order valence-corrected chi connectivity index (χ4v) is 4.37. The Bertz CT molecular complexity index is 1510. The zero-order chi connectivity index (χ0) is 29.7. The Morgan fingerprint density at radius 1 is 0.976 bits per heavy atom. The van der Waals surface area contributed by atoms with E-state index in [9.17, 15) is 9.59 Å². The second-order valence-electron chi connectivity index (χ2n) is 10.5. The van der Waals surface area contributed by atoms with Crippen molar-refractivity contribution in [2.24, 2.45) is 0 Å². The van der Waals surface area contributed by atoms with Crippen molar-refractivity contribution in [3.63, 3.8) is 0 Å². The quantitative estimate of drug-likeness (QED) is 0.298. The van der Waals surface area contributed by atoms with Gasteiger partial charge in [-0.05, 0) is 74.9 Å². The lowest BCUT2D eigenvalue weighted by Gasteiger charge is -2.34. The molecule has 0 aliphatic heterocycles. The molecule has 0 radical (unpaired) electrons. The summed E-state index contributed by atoms with van der Waals surface area (Å²) in [5, 5.41) is 16.1.